The van der Waals surface area contributed by atoms with Crippen LogP contribution in [0.1, 0.15) is 30.5 Å². The van der Waals surface area contributed by atoms with Crippen molar-refractivity contribution in [1.29, 1.82) is 0 Å². The number of hydrogen-bond donors (Lipinski definition) is 2. The van der Waals surface area contributed by atoms with Crippen molar-refractivity contribution in [1.82, 2.24) is 20.2 Å². The number of urea groups is 1. The monoisotopic (exact) mass is 378 g/mol. The van der Waals surface area contributed by atoms with Gasteiger partial charge in [0.15, 0.2) is 0 Å². The minimum atomic E-state index is -0.196. The van der Waals surface area contributed by atoms with Crippen molar-refractivity contribution in [2.24, 2.45) is 0 Å². The molecule has 2 amide bonds. The zero-order valence-corrected chi connectivity index (χ0v) is 16.3. The Balaban J connectivity index is 1.47. The van der Waals surface area contributed by atoms with Gasteiger partial charge in [0.05, 0.1) is 19.0 Å². The number of carbonyl (C=O) groups is 1. The van der Waals surface area contributed by atoms with E-state index in [0.29, 0.717) is 19.7 Å². The molecule has 3 aromatic rings. The summed E-state index contributed by atoms with van der Waals surface area (Å²) in [7, 11) is 0. The second-order valence-corrected chi connectivity index (χ2v) is 6.80. The van der Waals surface area contributed by atoms with Gasteiger partial charge in [0.2, 0.25) is 0 Å². The van der Waals surface area contributed by atoms with Crippen LogP contribution < -0.4 is 10.6 Å². The predicted octanol–water partition coefficient (Wildman–Crippen LogP) is 3.80. The van der Waals surface area contributed by atoms with Gasteiger partial charge in [-0.1, -0.05) is 36.4 Å². The number of amides is 2. The van der Waals surface area contributed by atoms with Crippen LogP contribution in [-0.4, -0.2) is 21.7 Å². The molecule has 3 rings (SSSR count). The summed E-state index contributed by atoms with van der Waals surface area (Å²) < 4.78 is 7.62. The Kier molecular flexibility index (Phi) is 6.81. The highest BCUT2D eigenvalue weighted by Gasteiger charge is 2.06. The maximum Gasteiger partial charge on any atom is 0.315 e. The number of aromatic nitrogens is 2. The molecule has 1 heterocycles. The maximum absolute atomic E-state index is 12.2. The third kappa shape index (κ3) is 5.69. The number of hydrogen-bond acceptors (Lipinski definition) is 3. The van der Waals surface area contributed by atoms with Crippen molar-refractivity contribution in [3.63, 3.8) is 0 Å². The number of benzene rings is 2. The largest absolute Gasteiger partial charge is 0.374 e. The van der Waals surface area contributed by atoms with Crippen LogP contribution in [0.4, 0.5) is 4.79 Å². The van der Waals surface area contributed by atoms with Crippen molar-refractivity contribution < 1.29 is 9.53 Å². The standard InChI is InChI=1S/C22H26N4O2/c1-17(2)28-15-20-6-4-3-5-19(20)14-25-22(27)24-13-18-7-9-21(10-8-18)26-12-11-23-16-26/h3-12,16-17H,13-15H2,1-2H3,(H2,24,25,27). The Bertz CT molecular complexity index is 874. The van der Waals surface area contributed by atoms with E-state index in [-0.39, 0.29) is 12.1 Å². The molecule has 28 heavy (non-hydrogen) atoms. The SMILES string of the molecule is CC(C)OCc1ccccc1CNC(=O)NCc1ccc(-n2ccnc2)cc1. The zero-order valence-electron chi connectivity index (χ0n) is 16.3. The van der Waals surface area contributed by atoms with Crippen LogP contribution in [0.15, 0.2) is 67.3 Å². The topological polar surface area (TPSA) is 68.2 Å². The second-order valence-electron chi connectivity index (χ2n) is 6.80. The number of carbonyl (C=O) groups excluding carboxylic acids is 1. The van der Waals surface area contributed by atoms with Crippen molar-refractivity contribution in [3.05, 3.63) is 83.9 Å². The first kappa shape index (κ1) is 19.6. The number of imidazole rings is 1. The van der Waals surface area contributed by atoms with E-state index in [1.165, 1.54) is 0 Å². The Morgan fingerprint density at radius 1 is 1.04 bits per heavy atom. The molecule has 0 bridgehead atoms. The van der Waals surface area contributed by atoms with Crippen LogP contribution >= 0.6 is 0 Å². The molecule has 0 saturated carbocycles. The van der Waals surface area contributed by atoms with Crippen LogP contribution in [0.5, 0.6) is 0 Å². The van der Waals surface area contributed by atoms with Gasteiger partial charge < -0.3 is 19.9 Å². The summed E-state index contributed by atoms with van der Waals surface area (Å²) in [5, 5.41) is 5.81. The quantitative estimate of drug-likeness (QED) is 0.626. The van der Waals surface area contributed by atoms with Crippen LogP contribution in [0.25, 0.3) is 5.69 Å². The molecule has 0 aliphatic rings. The van der Waals surface area contributed by atoms with Gasteiger partial charge >= 0.3 is 6.03 Å². The Labute approximate surface area is 165 Å². The fourth-order valence-electron chi connectivity index (χ4n) is 2.75. The van der Waals surface area contributed by atoms with E-state index in [1.807, 2.05) is 73.1 Å². The lowest BCUT2D eigenvalue weighted by Gasteiger charge is -2.13. The molecule has 0 aliphatic heterocycles. The Hall–Kier alpha value is -3.12. The summed E-state index contributed by atoms with van der Waals surface area (Å²) in [5.74, 6) is 0. The van der Waals surface area contributed by atoms with E-state index >= 15 is 0 Å². The predicted molar refractivity (Wildman–Crippen MR) is 109 cm³/mol. The molecule has 0 saturated heterocycles. The van der Waals surface area contributed by atoms with E-state index in [9.17, 15) is 4.79 Å². The molecule has 6 nitrogen and oxygen atoms in total. The zero-order chi connectivity index (χ0) is 19.8. The van der Waals surface area contributed by atoms with Crippen molar-refractivity contribution >= 4 is 6.03 Å². The number of nitrogens with zero attached hydrogens (tertiary/aromatic N) is 2. The summed E-state index contributed by atoms with van der Waals surface area (Å²) in [5.41, 5.74) is 4.21. The Morgan fingerprint density at radius 3 is 2.43 bits per heavy atom. The van der Waals surface area contributed by atoms with Gasteiger partial charge in [0, 0.05) is 31.2 Å². The summed E-state index contributed by atoms with van der Waals surface area (Å²) in [6, 6.07) is 15.8. The van der Waals surface area contributed by atoms with E-state index < -0.39 is 0 Å². The summed E-state index contributed by atoms with van der Waals surface area (Å²) >= 11 is 0. The molecule has 0 unspecified atom stereocenters. The number of rotatable bonds is 8. The van der Waals surface area contributed by atoms with Crippen LogP contribution in [0.2, 0.25) is 0 Å². The molecule has 0 aliphatic carbocycles. The van der Waals surface area contributed by atoms with Gasteiger partial charge in [0.25, 0.3) is 0 Å². The summed E-state index contributed by atoms with van der Waals surface area (Å²) in [4.78, 5) is 16.2. The average molecular weight is 378 g/mol. The first-order valence-corrected chi connectivity index (χ1v) is 9.39. The highest BCUT2D eigenvalue weighted by atomic mass is 16.5. The van der Waals surface area contributed by atoms with Crippen molar-refractivity contribution in [2.45, 2.75) is 39.6 Å². The first-order valence-electron chi connectivity index (χ1n) is 9.39. The van der Waals surface area contributed by atoms with Crippen molar-refractivity contribution in [2.75, 3.05) is 0 Å². The average Bonchev–Trinajstić information content (AvgIpc) is 3.25. The fraction of sp³-hybridized carbons (Fsp3) is 0.273. The third-order valence-corrected chi connectivity index (χ3v) is 4.32. The molecule has 2 N–H and O–H groups in total. The van der Waals surface area contributed by atoms with E-state index in [4.69, 9.17) is 4.74 Å². The number of ether oxygens (including phenoxy) is 1. The fourth-order valence-corrected chi connectivity index (χ4v) is 2.75. The highest BCUT2D eigenvalue weighted by Crippen LogP contribution is 2.11. The molecule has 0 radical (unpaired) electrons. The lowest BCUT2D eigenvalue weighted by molar-refractivity contribution is 0.0652. The first-order chi connectivity index (χ1) is 13.6. The third-order valence-electron chi connectivity index (χ3n) is 4.32. The van der Waals surface area contributed by atoms with Gasteiger partial charge in [-0.25, -0.2) is 9.78 Å². The minimum Gasteiger partial charge on any atom is -0.374 e. The molecule has 0 atom stereocenters. The Morgan fingerprint density at radius 2 is 1.75 bits per heavy atom. The van der Waals surface area contributed by atoms with Gasteiger partial charge in [-0.05, 0) is 42.7 Å². The highest BCUT2D eigenvalue weighted by molar-refractivity contribution is 5.73. The molecule has 0 spiro atoms. The molecule has 0 fully saturated rings. The van der Waals surface area contributed by atoms with Crippen LogP contribution in [0, 0.1) is 0 Å². The molecular weight excluding hydrogens is 352 g/mol. The lowest BCUT2D eigenvalue weighted by atomic mass is 10.1. The van der Waals surface area contributed by atoms with E-state index in [0.717, 1.165) is 22.4 Å². The smallest absolute Gasteiger partial charge is 0.315 e. The molecule has 2 aromatic carbocycles. The minimum absolute atomic E-state index is 0.171. The summed E-state index contributed by atoms with van der Waals surface area (Å²) in [6.07, 6.45) is 5.56. The van der Waals surface area contributed by atoms with Crippen LogP contribution in [0.3, 0.4) is 0 Å². The lowest BCUT2D eigenvalue weighted by Crippen LogP contribution is -2.34. The van der Waals surface area contributed by atoms with E-state index in [1.54, 1.807) is 12.5 Å². The number of nitrogens with one attached hydrogen (secondary N) is 2. The molecule has 146 valence electrons. The van der Waals surface area contributed by atoms with Crippen LogP contribution in [-0.2, 0) is 24.4 Å². The molecule has 6 heteroatoms. The van der Waals surface area contributed by atoms with Gasteiger partial charge in [0.1, 0.15) is 0 Å². The van der Waals surface area contributed by atoms with Gasteiger partial charge in [-0.2, -0.15) is 0 Å². The second kappa shape index (κ2) is 9.71. The molecule has 1 aromatic heterocycles. The molecular formula is C22H26N4O2. The van der Waals surface area contributed by atoms with E-state index in [2.05, 4.69) is 15.6 Å². The van der Waals surface area contributed by atoms with Gasteiger partial charge in [-0.3, -0.25) is 0 Å². The normalized spacial score (nSPS) is 10.8. The summed E-state index contributed by atoms with van der Waals surface area (Å²) in [6.45, 7) is 5.49. The van der Waals surface area contributed by atoms with Crippen molar-refractivity contribution in [3.8, 4) is 5.69 Å². The maximum atomic E-state index is 12.2. The van der Waals surface area contributed by atoms with Gasteiger partial charge in [-0.15, -0.1) is 0 Å².